The van der Waals surface area contributed by atoms with E-state index in [0.717, 1.165) is 32.1 Å². The molecule has 0 spiro atoms. The number of hydrogen-bond donors (Lipinski definition) is 1. The van der Waals surface area contributed by atoms with E-state index in [-0.39, 0.29) is 25.6 Å². The first-order valence-corrected chi connectivity index (χ1v) is 25.6. The molecule has 0 aliphatic heterocycles. The van der Waals surface area contributed by atoms with Gasteiger partial charge in [-0.3, -0.25) is 18.6 Å². The van der Waals surface area contributed by atoms with Gasteiger partial charge in [-0.15, -0.1) is 0 Å². The van der Waals surface area contributed by atoms with Gasteiger partial charge in [0.25, 0.3) is 0 Å². The molecule has 0 fully saturated rings. The molecule has 0 heterocycles. The zero-order valence-electron chi connectivity index (χ0n) is 34.9. The van der Waals surface area contributed by atoms with Crippen LogP contribution in [-0.4, -0.2) is 86.9 Å². The summed E-state index contributed by atoms with van der Waals surface area (Å²) in [4.78, 5) is 35.3. The lowest BCUT2D eigenvalue weighted by Gasteiger charge is -2.24. The van der Waals surface area contributed by atoms with Gasteiger partial charge in [-0.05, 0) is 25.5 Å². The Labute approximate surface area is 334 Å². The number of rotatable bonds is 41. The molecule has 0 saturated heterocycles. The summed E-state index contributed by atoms with van der Waals surface area (Å²) in [7, 11) is 5.31. The number of phosphoric ester groups is 1. The molecule has 0 radical (unpaired) electrons. The molecule has 0 aliphatic carbocycles. The molecule has 0 aromatic heterocycles. The number of likely N-dealkylation sites (N-methyl/N-ethyl adjacent to an activating group) is 1. The Morgan fingerprint density at radius 1 is 0.604 bits per heavy atom. The van der Waals surface area contributed by atoms with Gasteiger partial charge >= 0.3 is 19.8 Å². The van der Waals surface area contributed by atoms with Crippen LogP contribution in [0.2, 0.25) is 0 Å². The lowest BCUT2D eigenvalue weighted by Crippen LogP contribution is -2.37. The van der Waals surface area contributed by atoms with Crippen molar-refractivity contribution < 1.29 is 42.1 Å². The molecule has 1 N–H and O–H groups in total. The predicted octanol–water partition coefficient (Wildman–Crippen LogP) is 12.2. The molecule has 2 atom stereocenters. The Morgan fingerprint density at radius 2 is 1.02 bits per heavy atom. The maximum atomic E-state index is 12.7. The van der Waals surface area contributed by atoms with Gasteiger partial charge in [-0.1, -0.05) is 176 Å². The van der Waals surface area contributed by atoms with Gasteiger partial charge in [0, 0.05) is 18.6 Å². The van der Waals surface area contributed by atoms with Crippen molar-refractivity contribution >= 4 is 41.3 Å². The van der Waals surface area contributed by atoms with Crippen molar-refractivity contribution in [2.45, 2.75) is 193 Å². The second-order valence-corrected chi connectivity index (χ2v) is 19.9. The summed E-state index contributed by atoms with van der Waals surface area (Å²) in [6.07, 6.45) is 33.5. The van der Waals surface area contributed by atoms with Crippen LogP contribution in [0.25, 0.3) is 0 Å². The van der Waals surface area contributed by atoms with Gasteiger partial charge in [0.1, 0.15) is 19.8 Å². The fraction of sp³-hybridized carbons (Fsp3) is 0.951. The quantitative estimate of drug-likeness (QED) is 0.0211. The van der Waals surface area contributed by atoms with E-state index >= 15 is 0 Å². The molecule has 0 aliphatic rings. The number of carbonyl (C=O) groups excluding carboxylic acids is 2. The number of quaternary nitrogens is 1. The van der Waals surface area contributed by atoms with Crippen LogP contribution in [0.4, 0.5) is 0 Å². The number of hydrogen-bond acceptors (Lipinski definition) is 9. The van der Waals surface area contributed by atoms with Crippen LogP contribution in [0.5, 0.6) is 0 Å². The van der Waals surface area contributed by atoms with Crippen LogP contribution < -0.4 is 0 Å². The molecular weight excluding hydrogens is 730 g/mol. The molecule has 0 bridgehead atoms. The van der Waals surface area contributed by atoms with E-state index in [1.54, 1.807) is 0 Å². The average molecular weight is 813 g/mol. The zero-order chi connectivity index (χ0) is 39.3. The molecular formula is C41H83NO8PS2+. The normalized spacial score (nSPS) is 13.5. The topological polar surface area (TPSA) is 108 Å². The lowest BCUT2D eigenvalue weighted by molar-refractivity contribution is -0.870. The first-order valence-electron chi connectivity index (χ1n) is 21.4. The Kier molecular flexibility index (Phi) is 37.1. The van der Waals surface area contributed by atoms with Crippen LogP contribution in [0.15, 0.2) is 0 Å². The van der Waals surface area contributed by atoms with Gasteiger partial charge < -0.3 is 18.9 Å². The summed E-state index contributed by atoms with van der Waals surface area (Å²) >= 11 is 0. The second-order valence-electron chi connectivity index (χ2n) is 15.7. The summed E-state index contributed by atoms with van der Waals surface area (Å²) in [5.41, 5.74) is 0. The molecule has 1 unspecified atom stereocenters. The van der Waals surface area contributed by atoms with E-state index in [2.05, 4.69) is 13.2 Å². The third kappa shape index (κ3) is 41.2. The van der Waals surface area contributed by atoms with E-state index in [0.29, 0.717) is 23.9 Å². The van der Waals surface area contributed by atoms with Crippen LogP contribution >= 0.6 is 29.4 Å². The Morgan fingerprint density at radius 3 is 1.45 bits per heavy atom. The van der Waals surface area contributed by atoms with E-state index in [1.807, 2.05) is 42.7 Å². The Bertz CT molecular complexity index is 893. The average Bonchev–Trinajstić information content (AvgIpc) is 3.10. The number of carbonyl (C=O) groups is 2. The Balaban J connectivity index is 4.31. The highest BCUT2D eigenvalue weighted by Crippen LogP contribution is 2.43. The molecule has 0 saturated carbocycles. The smallest absolute Gasteiger partial charge is 0.462 e. The summed E-state index contributed by atoms with van der Waals surface area (Å²) in [5.74, 6) is 0.487. The van der Waals surface area contributed by atoms with Crippen molar-refractivity contribution in [1.29, 1.82) is 0 Å². The van der Waals surface area contributed by atoms with Gasteiger partial charge in [0.15, 0.2) is 6.10 Å². The van der Waals surface area contributed by atoms with E-state index in [9.17, 15) is 19.0 Å². The first-order chi connectivity index (χ1) is 25.5. The van der Waals surface area contributed by atoms with E-state index in [4.69, 9.17) is 18.5 Å². The van der Waals surface area contributed by atoms with Crippen molar-refractivity contribution in [3.63, 3.8) is 0 Å². The lowest BCUT2D eigenvalue weighted by atomic mass is 10.0. The highest BCUT2D eigenvalue weighted by molar-refractivity contribution is 8.76. The minimum absolute atomic E-state index is 0.0357. The van der Waals surface area contributed by atoms with Crippen molar-refractivity contribution in [3.05, 3.63) is 0 Å². The zero-order valence-corrected chi connectivity index (χ0v) is 37.5. The van der Waals surface area contributed by atoms with Crippen LogP contribution in [0.1, 0.15) is 187 Å². The molecule has 0 aromatic carbocycles. The van der Waals surface area contributed by atoms with Gasteiger partial charge in [0.2, 0.25) is 0 Å². The van der Waals surface area contributed by atoms with Gasteiger partial charge in [-0.25, -0.2) is 4.57 Å². The largest absolute Gasteiger partial charge is 0.472 e. The second kappa shape index (κ2) is 37.3. The van der Waals surface area contributed by atoms with E-state index in [1.165, 1.54) is 134 Å². The summed E-state index contributed by atoms with van der Waals surface area (Å²) < 4.78 is 34.3. The van der Waals surface area contributed by atoms with E-state index < -0.39 is 26.5 Å². The number of ether oxygens (including phenoxy) is 2. The fourth-order valence-electron chi connectivity index (χ4n) is 6.01. The predicted molar refractivity (Wildman–Crippen MR) is 226 cm³/mol. The van der Waals surface area contributed by atoms with Crippen LogP contribution in [0.3, 0.4) is 0 Å². The third-order valence-electron chi connectivity index (χ3n) is 9.38. The minimum atomic E-state index is -4.37. The SMILES string of the molecule is CCCCCCCCCCCCCCCC(=O)OC[C@H](COP(=O)(O)OCC[N+](C)(C)C)OC(=O)CCCCCCCCCCCCCCCSSC. The summed E-state index contributed by atoms with van der Waals surface area (Å²) in [6, 6.07) is 0. The Hall–Kier alpha value is -0.290. The third-order valence-corrected chi connectivity index (χ3v) is 12.3. The fourth-order valence-corrected chi connectivity index (χ4v) is 8.09. The van der Waals surface area contributed by atoms with Crippen molar-refractivity contribution in [3.8, 4) is 0 Å². The molecule has 0 rings (SSSR count). The first kappa shape index (κ1) is 52.7. The number of nitrogens with zero attached hydrogens (tertiary/aromatic N) is 1. The number of unbranched alkanes of at least 4 members (excludes halogenated alkanes) is 24. The summed E-state index contributed by atoms with van der Waals surface area (Å²) in [5, 5.41) is 0. The maximum Gasteiger partial charge on any atom is 0.472 e. The van der Waals surface area contributed by atoms with Crippen molar-refractivity contribution in [2.75, 3.05) is 59.5 Å². The highest BCUT2D eigenvalue weighted by Gasteiger charge is 2.27. The monoisotopic (exact) mass is 813 g/mol. The van der Waals surface area contributed by atoms with Crippen LogP contribution in [0, 0.1) is 0 Å². The number of esters is 2. The molecule has 9 nitrogen and oxygen atoms in total. The van der Waals surface area contributed by atoms with Crippen molar-refractivity contribution in [2.24, 2.45) is 0 Å². The number of phosphoric acid groups is 1. The standard InChI is InChI=1S/C41H82NO8PS2/c1-6-7-8-9-10-11-12-14-17-20-23-26-29-32-40(43)47-37-39(38-49-51(45,46)48-35-34-42(2,3)4)50-41(44)33-30-27-24-21-18-15-13-16-19-22-25-28-31-36-53-52-5/h39H,6-38H2,1-5H3/p+1/t39-/m1/s1. The highest BCUT2D eigenvalue weighted by atomic mass is 33.1. The molecule has 0 aromatic rings. The molecule has 53 heavy (non-hydrogen) atoms. The molecule has 0 amide bonds. The van der Waals surface area contributed by atoms with Gasteiger partial charge in [-0.2, -0.15) is 0 Å². The molecule has 12 heteroatoms. The minimum Gasteiger partial charge on any atom is -0.462 e. The summed E-state index contributed by atoms with van der Waals surface area (Å²) in [6.45, 7) is 2.18. The maximum absolute atomic E-state index is 12.7. The van der Waals surface area contributed by atoms with Crippen LogP contribution in [-0.2, 0) is 32.7 Å². The van der Waals surface area contributed by atoms with Crippen molar-refractivity contribution in [1.82, 2.24) is 0 Å². The molecule has 316 valence electrons. The van der Waals surface area contributed by atoms with Gasteiger partial charge in [0.05, 0.1) is 27.7 Å².